The molecule has 4 rings (SSSR count). The van der Waals surface area contributed by atoms with Gasteiger partial charge in [-0.05, 0) is 38.5 Å². The van der Waals surface area contributed by atoms with Crippen molar-refractivity contribution in [2.45, 2.75) is 38.4 Å². The molecule has 1 aromatic heterocycles. The molecule has 3 aromatic rings. The van der Waals surface area contributed by atoms with E-state index in [9.17, 15) is 9.59 Å². The van der Waals surface area contributed by atoms with E-state index in [0.717, 1.165) is 16.3 Å². The van der Waals surface area contributed by atoms with Gasteiger partial charge >= 0.3 is 12.2 Å². The van der Waals surface area contributed by atoms with E-state index >= 15 is 0 Å². The molecular weight excluding hydrogens is 406 g/mol. The third-order valence-electron chi connectivity index (χ3n) is 5.32. The third-order valence-corrected chi connectivity index (χ3v) is 5.32. The smallest absolute Gasteiger partial charge is 0.412 e. The number of nitrogens with zero attached hydrogens (tertiary/aromatic N) is 2. The van der Waals surface area contributed by atoms with Crippen molar-refractivity contribution in [2.24, 2.45) is 0 Å². The Balaban J connectivity index is 1.51. The molecular formula is C25H27N3O4. The molecule has 7 nitrogen and oxygen atoms in total. The molecule has 1 fully saturated rings. The molecule has 2 amide bonds. The first-order chi connectivity index (χ1) is 15.3. The Hall–Kier alpha value is -3.61. The molecule has 0 aliphatic carbocycles. The highest BCUT2D eigenvalue weighted by molar-refractivity contribution is 5.99. The van der Waals surface area contributed by atoms with Crippen LogP contribution in [0.4, 0.5) is 15.3 Å². The Morgan fingerprint density at radius 1 is 1.03 bits per heavy atom. The fraction of sp³-hybridized carbons (Fsp3) is 0.320. The summed E-state index contributed by atoms with van der Waals surface area (Å²) in [6.07, 6.45) is 1.95. The fourth-order valence-corrected chi connectivity index (χ4v) is 3.90. The van der Waals surface area contributed by atoms with Crippen LogP contribution in [0.3, 0.4) is 0 Å². The summed E-state index contributed by atoms with van der Waals surface area (Å²) in [7, 11) is 0. The summed E-state index contributed by atoms with van der Waals surface area (Å²) in [5.74, 6) is -0.147. The van der Waals surface area contributed by atoms with E-state index in [0.29, 0.717) is 12.2 Å². The summed E-state index contributed by atoms with van der Waals surface area (Å²) in [4.78, 5) is 31.2. The van der Waals surface area contributed by atoms with E-state index in [-0.39, 0.29) is 12.5 Å². The van der Waals surface area contributed by atoms with Gasteiger partial charge in [-0.25, -0.2) is 9.59 Å². The summed E-state index contributed by atoms with van der Waals surface area (Å²) in [5.41, 5.74) is 1.06. The number of carbonyl (C=O) groups excluding carboxylic acids is 2. The maximum atomic E-state index is 12.8. The average Bonchev–Trinajstić information content (AvgIpc) is 3.17. The molecule has 0 bridgehead atoms. The predicted octanol–water partition coefficient (Wildman–Crippen LogP) is 5.19. The van der Waals surface area contributed by atoms with Gasteiger partial charge in [0, 0.05) is 35.6 Å². The second-order valence-corrected chi connectivity index (χ2v) is 8.87. The molecule has 1 N–H and O–H groups in total. The van der Waals surface area contributed by atoms with E-state index in [1.807, 2.05) is 75.4 Å². The molecule has 1 saturated heterocycles. The number of ether oxygens (including phenoxy) is 2. The van der Waals surface area contributed by atoms with Gasteiger partial charge in [-0.2, -0.15) is 0 Å². The SMILES string of the molecule is CC(C)(C)OC(=O)N1C[C@@H](OC(=O)Nc2cccc3cnccc23)[C@H](c2ccccc2)C1. The number of nitrogens with one attached hydrogen (secondary N) is 1. The number of aromatic nitrogens is 1. The topological polar surface area (TPSA) is 80.8 Å². The van der Waals surface area contributed by atoms with Gasteiger partial charge in [-0.15, -0.1) is 0 Å². The monoisotopic (exact) mass is 433 g/mol. The number of carbonyl (C=O) groups is 2. The van der Waals surface area contributed by atoms with Gasteiger partial charge in [0.05, 0.1) is 12.2 Å². The zero-order valence-electron chi connectivity index (χ0n) is 18.4. The first kappa shape index (κ1) is 21.6. The van der Waals surface area contributed by atoms with Crippen molar-refractivity contribution in [1.29, 1.82) is 0 Å². The molecule has 0 unspecified atom stereocenters. The van der Waals surface area contributed by atoms with Crippen molar-refractivity contribution in [3.63, 3.8) is 0 Å². The number of amides is 2. The number of likely N-dealkylation sites (tertiary alicyclic amines) is 1. The van der Waals surface area contributed by atoms with E-state index < -0.39 is 23.9 Å². The van der Waals surface area contributed by atoms with Gasteiger partial charge in [0.15, 0.2) is 0 Å². The van der Waals surface area contributed by atoms with Crippen molar-refractivity contribution in [3.05, 3.63) is 72.6 Å². The minimum atomic E-state index is -0.598. The van der Waals surface area contributed by atoms with E-state index in [1.165, 1.54) is 0 Å². The van der Waals surface area contributed by atoms with Gasteiger partial charge < -0.3 is 14.4 Å². The van der Waals surface area contributed by atoms with Crippen LogP contribution in [0.5, 0.6) is 0 Å². The lowest BCUT2D eigenvalue weighted by molar-refractivity contribution is 0.0263. The second-order valence-electron chi connectivity index (χ2n) is 8.87. The van der Waals surface area contributed by atoms with Crippen LogP contribution in [0.1, 0.15) is 32.3 Å². The lowest BCUT2D eigenvalue weighted by atomic mass is 9.96. The summed E-state index contributed by atoms with van der Waals surface area (Å²) in [6.45, 7) is 6.17. The van der Waals surface area contributed by atoms with Crippen LogP contribution in [0.15, 0.2) is 67.0 Å². The minimum Gasteiger partial charge on any atom is -0.444 e. The molecule has 7 heteroatoms. The summed E-state index contributed by atoms with van der Waals surface area (Å²) in [6, 6.07) is 17.2. The normalized spacial score (nSPS) is 18.4. The molecule has 2 atom stereocenters. The zero-order chi connectivity index (χ0) is 22.7. The molecule has 32 heavy (non-hydrogen) atoms. The Kier molecular flexibility index (Phi) is 5.99. The Bertz CT molecular complexity index is 1110. The number of rotatable bonds is 3. The molecule has 0 saturated carbocycles. The maximum Gasteiger partial charge on any atom is 0.412 e. The largest absolute Gasteiger partial charge is 0.444 e. The summed E-state index contributed by atoms with van der Waals surface area (Å²) >= 11 is 0. The van der Waals surface area contributed by atoms with Crippen LogP contribution < -0.4 is 5.32 Å². The number of benzene rings is 2. The Morgan fingerprint density at radius 2 is 1.81 bits per heavy atom. The van der Waals surface area contributed by atoms with E-state index in [4.69, 9.17) is 9.47 Å². The molecule has 2 aromatic carbocycles. The average molecular weight is 434 g/mol. The zero-order valence-corrected chi connectivity index (χ0v) is 18.4. The fourth-order valence-electron chi connectivity index (χ4n) is 3.90. The Labute approximate surface area is 187 Å². The van der Waals surface area contributed by atoms with Crippen LogP contribution in [-0.4, -0.2) is 46.9 Å². The van der Waals surface area contributed by atoms with Crippen LogP contribution in [0.25, 0.3) is 10.8 Å². The molecule has 166 valence electrons. The van der Waals surface area contributed by atoms with Gasteiger partial charge in [0.2, 0.25) is 0 Å². The lowest BCUT2D eigenvalue weighted by Crippen LogP contribution is -2.36. The van der Waals surface area contributed by atoms with Crippen molar-refractivity contribution in [1.82, 2.24) is 9.88 Å². The minimum absolute atomic E-state index is 0.147. The van der Waals surface area contributed by atoms with Crippen molar-refractivity contribution in [2.75, 3.05) is 18.4 Å². The van der Waals surface area contributed by atoms with Crippen molar-refractivity contribution in [3.8, 4) is 0 Å². The highest BCUT2D eigenvalue weighted by atomic mass is 16.6. The van der Waals surface area contributed by atoms with Crippen LogP contribution >= 0.6 is 0 Å². The number of pyridine rings is 1. The van der Waals surface area contributed by atoms with Crippen LogP contribution in [-0.2, 0) is 9.47 Å². The second kappa shape index (κ2) is 8.86. The standard InChI is InChI=1S/C25H27N3O4/c1-25(2,3)32-24(30)28-15-20(17-8-5-4-6-9-17)22(16-28)31-23(29)27-21-11-7-10-18-14-26-13-12-19(18)21/h4-14,20,22H,15-16H2,1-3H3,(H,27,29)/t20-,22+/m0/s1. The maximum absolute atomic E-state index is 12.8. The first-order valence-corrected chi connectivity index (χ1v) is 10.6. The lowest BCUT2D eigenvalue weighted by Gasteiger charge is -2.24. The number of fused-ring (bicyclic) bond motifs is 1. The highest BCUT2D eigenvalue weighted by Crippen LogP contribution is 2.31. The Morgan fingerprint density at radius 3 is 2.56 bits per heavy atom. The predicted molar refractivity (Wildman–Crippen MR) is 123 cm³/mol. The van der Waals surface area contributed by atoms with Crippen molar-refractivity contribution >= 4 is 28.6 Å². The summed E-state index contributed by atoms with van der Waals surface area (Å²) in [5, 5.41) is 4.64. The van der Waals surface area contributed by atoms with E-state index in [2.05, 4.69) is 10.3 Å². The molecule has 0 spiro atoms. The van der Waals surface area contributed by atoms with Crippen LogP contribution in [0.2, 0.25) is 0 Å². The summed E-state index contributed by atoms with van der Waals surface area (Å²) < 4.78 is 11.4. The highest BCUT2D eigenvalue weighted by Gasteiger charge is 2.40. The third kappa shape index (κ3) is 4.99. The quantitative estimate of drug-likeness (QED) is 0.615. The number of anilines is 1. The van der Waals surface area contributed by atoms with E-state index in [1.54, 1.807) is 17.3 Å². The number of hydrogen-bond donors (Lipinski definition) is 1. The molecule has 1 aliphatic rings. The van der Waals surface area contributed by atoms with Crippen molar-refractivity contribution < 1.29 is 19.1 Å². The van der Waals surface area contributed by atoms with Gasteiger partial charge in [0.25, 0.3) is 0 Å². The number of hydrogen-bond acceptors (Lipinski definition) is 5. The van der Waals surface area contributed by atoms with Crippen LogP contribution in [0, 0.1) is 0 Å². The van der Waals surface area contributed by atoms with Gasteiger partial charge in [-0.3, -0.25) is 10.3 Å². The molecule has 0 radical (unpaired) electrons. The van der Waals surface area contributed by atoms with Gasteiger partial charge in [0.1, 0.15) is 11.7 Å². The molecule has 2 heterocycles. The first-order valence-electron chi connectivity index (χ1n) is 10.6. The molecule has 1 aliphatic heterocycles. The van der Waals surface area contributed by atoms with Gasteiger partial charge in [-0.1, -0.05) is 42.5 Å².